The summed E-state index contributed by atoms with van der Waals surface area (Å²) in [6.07, 6.45) is 4.85. The summed E-state index contributed by atoms with van der Waals surface area (Å²) < 4.78 is 0. The minimum atomic E-state index is 0.108. The van der Waals surface area contributed by atoms with Gasteiger partial charge in [-0.2, -0.15) is 0 Å². The van der Waals surface area contributed by atoms with Gasteiger partial charge >= 0.3 is 0 Å². The van der Waals surface area contributed by atoms with Crippen LogP contribution in [0.15, 0.2) is 30.5 Å². The zero-order chi connectivity index (χ0) is 12.5. The molecule has 3 rings (SSSR count). The first-order chi connectivity index (χ1) is 8.75. The fourth-order valence-corrected chi connectivity index (χ4v) is 2.21. The van der Waals surface area contributed by atoms with Gasteiger partial charge in [0.15, 0.2) is 0 Å². The molecule has 0 radical (unpaired) electrons. The largest absolute Gasteiger partial charge is 0.397 e. The Balaban J connectivity index is 1.96. The first-order valence-electron chi connectivity index (χ1n) is 6.20. The fraction of sp³-hybridized carbons (Fsp3) is 0.286. The number of amides is 1. The van der Waals surface area contributed by atoms with Crippen LogP contribution in [0.2, 0.25) is 0 Å². The highest BCUT2D eigenvalue weighted by atomic mass is 16.1. The van der Waals surface area contributed by atoms with E-state index in [-0.39, 0.29) is 11.8 Å². The van der Waals surface area contributed by atoms with Crippen LogP contribution < -0.4 is 11.1 Å². The van der Waals surface area contributed by atoms with Crippen molar-refractivity contribution in [2.45, 2.75) is 19.3 Å². The van der Waals surface area contributed by atoms with Crippen molar-refractivity contribution in [1.29, 1.82) is 0 Å². The lowest BCUT2D eigenvalue weighted by atomic mass is 9.85. The van der Waals surface area contributed by atoms with Crippen LogP contribution in [0, 0.1) is 5.92 Å². The third kappa shape index (κ3) is 1.79. The second-order valence-corrected chi connectivity index (χ2v) is 4.72. The summed E-state index contributed by atoms with van der Waals surface area (Å²) in [4.78, 5) is 16.2. The number of hydrogen-bond acceptors (Lipinski definition) is 3. The number of nitrogens with one attached hydrogen (secondary N) is 1. The third-order valence-corrected chi connectivity index (χ3v) is 3.53. The molecule has 1 aliphatic rings. The number of nitrogens with two attached hydrogens (primary N) is 1. The van der Waals surface area contributed by atoms with E-state index < -0.39 is 0 Å². The van der Waals surface area contributed by atoms with Gasteiger partial charge in [0, 0.05) is 17.5 Å². The summed E-state index contributed by atoms with van der Waals surface area (Å²) in [5.74, 6) is 0.283. The van der Waals surface area contributed by atoms with Gasteiger partial charge in [0.1, 0.15) is 0 Å². The Bertz CT molecular complexity index is 605. The van der Waals surface area contributed by atoms with E-state index in [4.69, 9.17) is 5.73 Å². The second kappa shape index (κ2) is 4.29. The Morgan fingerprint density at radius 1 is 1.33 bits per heavy atom. The molecular formula is C14H15N3O. The molecular weight excluding hydrogens is 226 g/mol. The lowest BCUT2D eigenvalue weighted by Gasteiger charge is -2.24. The second-order valence-electron chi connectivity index (χ2n) is 4.72. The Morgan fingerprint density at radius 2 is 2.17 bits per heavy atom. The number of carbonyl (C=O) groups excluding carboxylic acids is 1. The van der Waals surface area contributed by atoms with Crippen molar-refractivity contribution >= 4 is 28.2 Å². The van der Waals surface area contributed by atoms with Crippen molar-refractivity contribution in [3.05, 3.63) is 30.5 Å². The van der Waals surface area contributed by atoms with Gasteiger partial charge in [-0.25, -0.2) is 0 Å². The van der Waals surface area contributed by atoms with Gasteiger partial charge in [-0.3, -0.25) is 9.78 Å². The number of pyridine rings is 1. The summed E-state index contributed by atoms with van der Waals surface area (Å²) in [7, 11) is 0. The molecule has 0 saturated heterocycles. The number of fused-ring (bicyclic) bond motifs is 1. The third-order valence-electron chi connectivity index (χ3n) is 3.53. The van der Waals surface area contributed by atoms with Gasteiger partial charge < -0.3 is 11.1 Å². The topological polar surface area (TPSA) is 68.0 Å². The maximum absolute atomic E-state index is 12.0. The number of benzene rings is 1. The molecule has 0 aliphatic heterocycles. The number of nitrogen functional groups attached to an aromatic ring is 1. The van der Waals surface area contributed by atoms with Gasteiger partial charge in [-0.1, -0.05) is 6.42 Å². The van der Waals surface area contributed by atoms with E-state index in [1.165, 1.54) is 0 Å². The maximum atomic E-state index is 12.0. The fourth-order valence-electron chi connectivity index (χ4n) is 2.21. The van der Waals surface area contributed by atoms with Crippen molar-refractivity contribution in [2.75, 3.05) is 11.1 Å². The number of carbonyl (C=O) groups is 1. The molecule has 1 amide bonds. The molecule has 3 N–H and O–H groups in total. The molecule has 2 aromatic rings. The first kappa shape index (κ1) is 11.0. The van der Waals surface area contributed by atoms with Crippen LogP contribution in [0.5, 0.6) is 0 Å². The standard InChI is InChI=1S/C14H15N3O/c15-11-6-7-12(10-5-2-8-16-13(10)11)17-14(18)9-3-1-4-9/h2,5-9H,1,3-4,15H2,(H,17,18). The molecule has 1 fully saturated rings. The predicted octanol–water partition coefficient (Wildman–Crippen LogP) is 2.56. The van der Waals surface area contributed by atoms with Crippen molar-refractivity contribution in [3.63, 3.8) is 0 Å². The highest BCUT2D eigenvalue weighted by Gasteiger charge is 2.25. The summed E-state index contributed by atoms with van der Waals surface area (Å²) in [6.45, 7) is 0. The molecule has 4 nitrogen and oxygen atoms in total. The van der Waals surface area contributed by atoms with E-state index in [0.29, 0.717) is 5.69 Å². The van der Waals surface area contributed by atoms with Crippen LogP contribution in [0.25, 0.3) is 10.9 Å². The molecule has 0 spiro atoms. The van der Waals surface area contributed by atoms with E-state index >= 15 is 0 Å². The highest BCUT2D eigenvalue weighted by molar-refractivity contribution is 6.05. The first-order valence-corrected chi connectivity index (χ1v) is 6.20. The summed E-state index contributed by atoms with van der Waals surface area (Å²) in [6, 6.07) is 7.40. The number of hydrogen-bond donors (Lipinski definition) is 2. The molecule has 18 heavy (non-hydrogen) atoms. The zero-order valence-corrected chi connectivity index (χ0v) is 10.0. The molecule has 1 heterocycles. The Morgan fingerprint density at radius 3 is 2.89 bits per heavy atom. The van der Waals surface area contributed by atoms with E-state index in [9.17, 15) is 4.79 Å². The molecule has 1 aromatic carbocycles. The van der Waals surface area contributed by atoms with Crippen LogP contribution in [0.4, 0.5) is 11.4 Å². The van der Waals surface area contributed by atoms with Crippen LogP contribution in [0.3, 0.4) is 0 Å². The number of rotatable bonds is 2. The van der Waals surface area contributed by atoms with Crippen LogP contribution in [0.1, 0.15) is 19.3 Å². The Hall–Kier alpha value is -2.10. The predicted molar refractivity (Wildman–Crippen MR) is 72.1 cm³/mol. The number of anilines is 2. The quantitative estimate of drug-likeness (QED) is 0.794. The molecule has 92 valence electrons. The molecule has 4 heteroatoms. The van der Waals surface area contributed by atoms with Gasteiger partial charge in [0.2, 0.25) is 5.91 Å². The summed E-state index contributed by atoms with van der Waals surface area (Å²) in [5.41, 5.74) is 8.04. The van der Waals surface area contributed by atoms with Crippen molar-refractivity contribution in [1.82, 2.24) is 4.98 Å². The zero-order valence-electron chi connectivity index (χ0n) is 10.0. The molecule has 1 aromatic heterocycles. The van der Waals surface area contributed by atoms with Gasteiger partial charge in [0.25, 0.3) is 0 Å². The Labute approximate surface area is 105 Å². The highest BCUT2D eigenvalue weighted by Crippen LogP contribution is 2.30. The molecule has 0 unspecified atom stereocenters. The van der Waals surface area contributed by atoms with E-state index in [1.807, 2.05) is 18.2 Å². The van der Waals surface area contributed by atoms with Crippen molar-refractivity contribution in [2.24, 2.45) is 5.92 Å². The smallest absolute Gasteiger partial charge is 0.227 e. The minimum absolute atomic E-state index is 0.108. The van der Waals surface area contributed by atoms with E-state index in [2.05, 4.69) is 10.3 Å². The molecule has 1 aliphatic carbocycles. The summed E-state index contributed by atoms with van der Waals surface area (Å²) >= 11 is 0. The lowest BCUT2D eigenvalue weighted by Crippen LogP contribution is -2.28. The Kier molecular flexibility index (Phi) is 2.63. The van der Waals surface area contributed by atoms with Crippen LogP contribution in [-0.4, -0.2) is 10.9 Å². The minimum Gasteiger partial charge on any atom is -0.397 e. The number of nitrogens with zero attached hydrogens (tertiary/aromatic N) is 1. The van der Waals surface area contributed by atoms with E-state index in [1.54, 1.807) is 12.3 Å². The van der Waals surface area contributed by atoms with Crippen molar-refractivity contribution in [3.8, 4) is 0 Å². The SMILES string of the molecule is Nc1ccc(NC(=O)C2CCC2)c2cccnc12. The van der Waals surface area contributed by atoms with Gasteiger partial charge in [-0.15, -0.1) is 0 Å². The molecule has 1 saturated carbocycles. The molecule has 0 atom stereocenters. The monoisotopic (exact) mass is 241 g/mol. The lowest BCUT2D eigenvalue weighted by molar-refractivity contribution is -0.122. The van der Waals surface area contributed by atoms with Crippen molar-refractivity contribution < 1.29 is 4.79 Å². The van der Waals surface area contributed by atoms with Crippen LogP contribution >= 0.6 is 0 Å². The maximum Gasteiger partial charge on any atom is 0.227 e. The van der Waals surface area contributed by atoms with Gasteiger partial charge in [-0.05, 0) is 37.1 Å². The number of aromatic nitrogens is 1. The summed E-state index contributed by atoms with van der Waals surface area (Å²) in [5, 5.41) is 3.87. The molecule has 0 bridgehead atoms. The average Bonchev–Trinajstić information content (AvgIpc) is 2.31. The normalized spacial score (nSPS) is 15.3. The van der Waals surface area contributed by atoms with Crippen LogP contribution in [-0.2, 0) is 4.79 Å². The van der Waals surface area contributed by atoms with Gasteiger partial charge in [0.05, 0.1) is 16.9 Å². The average molecular weight is 241 g/mol. The van der Waals surface area contributed by atoms with E-state index in [0.717, 1.165) is 35.9 Å².